The van der Waals surface area contributed by atoms with Crippen molar-refractivity contribution < 1.29 is 19.1 Å². The first-order chi connectivity index (χ1) is 20.5. The van der Waals surface area contributed by atoms with Gasteiger partial charge in [0.1, 0.15) is 5.75 Å². The molecule has 1 unspecified atom stereocenters. The largest absolute Gasteiger partial charge is 0.497 e. The van der Waals surface area contributed by atoms with Gasteiger partial charge >= 0.3 is 0 Å². The molecule has 2 amide bonds. The normalized spacial score (nSPS) is 11.7. The molecule has 0 radical (unpaired) electrons. The number of carbonyl (C=O) groups is 2. The third-order valence-electron chi connectivity index (χ3n) is 7.64. The van der Waals surface area contributed by atoms with E-state index < -0.39 is 0 Å². The molecule has 7 heteroatoms. The van der Waals surface area contributed by atoms with Crippen LogP contribution in [0.3, 0.4) is 0 Å². The maximum absolute atomic E-state index is 14.0. The number of benzene rings is 2. The van der Waals surface area contributed by atoms with Crippen LogP contribution in [0.2, 0.25) is 0 Å². The number of methoxy groups -OCH3 is 1. The van der Waals surface area contributed by atoms with Gasteiger partial charge in [0.25, 0.3) is 0 Å². The quantitative estimate of drug-likeness (QED) is 0.152. The van der Waals surface area contributed by atoms with Crippen molar-refractivity contribution in [2.45, 2.75) is 72.5 Å². The van der Waals surface area contributed by atoms with Gasteiger partial charge in [-0.15, -0.1) is 0 Å². The van der Waals surface area contributed by atoms with E-state index in [4.69, 9.17) is 9.47 Å². The molecule has 228 valence electrons. The first-order valence-corrected chi connectivity index (χ1v) is 15.4. The minimum Gasteiger partial charge on any atom is -0.497 e. The molecule has 0 bridgehead atoms. The summed E-state index contributed by atoms with van der Waals surface area (Å²) in [5, 5.41) is 0. The summed E-state index contributed by atoms with van der Waals surface area (Å²) in [5.74, 6) is 0.785. The molecule has 42 heavy (non-hydrogen) atoms. The van der Waals surface area contributed by atoms with E-state index in [0.29, 0.717) is 45.8 Å². The van der Waals surface area contributed by atoms with Crippen LogP contribution >= 0.6 is 0 Å². The topological polar surface area (TPSA) is 64.0 Å². The van der Waals surface area contributed by atoms with E-state index in [1.54, 1.807) is 12.0 Å². The van der Waals surface area contributed by atoms with Gasteiger partial charge in [0.05, 0.1) is 20.2 Å². The standard InChI is InChI=1S/C35H49N3O4/c1-5-8-18-31(6-2)35(40)37(22-14-23-42-7-3)28-34(39)38(25-29-15-10-9-11-16-29)27-32-19-13-21-36(32)26-30-17-12-20-33(24-30)41-4/h9-13,15-17,19-21,24,31H,5-8,14,18,22-23,25-28H2,1-4H3. The molecule has 0 saturated heterocycles. The number of hydrogen-bond donors (Lipinski definition) is 0. The zero-order valence-corrected chi connectivity index (χ0v) is 26.0. The maximum atomic E-state index is 14.0. The first kappa shape index (κ1) is 32.9. The highest BCUT2D eigenvalue weighted by molar-refractivity contribution is 5.86. The van der Waals surface area contributed by atoms with Crippen molar-refractivity contribution in [2.75, 3.05) is 33.4 Å². The molecule has 1 aromatic heterocycles. The summed E-state index contributed by atoms with van der Waals surface area (Å²) in [5.41, 5.74) is 3.21. The third kappa shape index (κ3) is 10.4. The Morgan fingerprint density at radius 2 is 1.67 bits per heavy atom. The van der Waals surface area contributed by atoms with E-state index in [9.17, 15) is 9.59 Å². The second-order valence-corrected chi connectivity index (χ2v) is 10.8. The van der Waals surface area contributed by atoms with E-state index in [0.717, 1.165) is 48.3 Å². The van der Waals surface area contributed by atoms with Crippen LogP contribution in [0.15, 0.2) is 72.9 Å². The van der Waals surface area contributed by atoms with Crippen LogP contribution in [0, 0.1) is 5.92 Å². The van der Waals surface area contributed by atoms with E-state index in [1.807, 2.05) is 72.6 Å². The van der Waals surface area contributed by atoms with Gasteiger partial charge in [0.15, 0.2) is 0 Å². The maximum Gasteiger partial charge on any atom is 0.242 e. The third-order valence-corrected chi connectivity index (χ3v) is 7.64. The second kappa shape index (κ2) is 18.1. The van der Waals surface area contributed by atoms with Gasteiger partial charge in [-0.3, -0.25) is 9.59 Å². The minimum atomic E-state index is -0.0625. The van der Waals surface area contributed by atoms with Crippen molar-refractivity contribution >= 4 is 11.8 Å². The lowest BCUT2D eigenvalue weighted by atomic mass is 9.97. The summed E-state index contributed by atoms with van der Waals surface area (Å²) in [6.45, 7) is 9.56. The summed E-state index contributed by atoms with van der Waals surface area (Å²) in [4.78, 5) is 31.4. The number of aromatic nitrogens is 1. The highest BCUT2D eigenvalue weighted by atomic mass is 16.5. The van der Waals surface area contributed by atoms with Crippen LogP contribution < -0.4 is 4.74 Å². The lowest BCUT2D eigenvalue weighted by Gasteiger charge is -2.30. The Hall–Kier alpha value is -3.58. The Balaban J connectivity index is 1.82. The molecule has 2 aromatic carbocycles. The van der Waals surface area contributed by atoms with E-state index in [2.05, 4.69) is 30.5 Å². The van der Waals surface area contributed by atoms with Crippen molar-refractivity contribution in [1.29, 1.82) is 0 Å². The smallest absolute Gasteiger partial charge is 0.242 e. The number of ether oxygens (including phenoxy) is 2. The summed E-state index contributed by atoms with van der Waals surface area (Å²) < 4.78 is 13.1. The van der Waals surface area contributed by atoms with Crippen molar-refractivity contribution in [3.05, 3.63) is 89.7 Å². The Labute approximate surface area is 252 Å². The number of unbranched alkanes of at least 4 members (excludes halogenated alkanes) is 1. The van der Waals surface area contributed by atoms with Crippen LogP contribution in [-0.4, -0.2) is 59.6 Å². The van der Waals surface area contributed by atoms with Gasteiger partial charge in [-0.2, -0.15) is 0 Å². The highest BCUT2D eigenvalue weighted by Gasteiger charge is 2.26. The molecule has 1 heterocycles. The van der Waals surface area contributed by atoms with Gasteiger partial charge < -0.3 is 23.8 Å². The fraction of sp³-hybridized carbons (Fsp3) is 0.486. The molecular formula is C35H49N3O4. The molecule has 3 aromatic rings. The summed E-state index contributed by atoms with van der Waals surface area (Å²) in [6.07, 6.45) is 6.44. The molecule has 0 aliphatic rings. The predicted molar refractivity (Wildman–Crippen MR) is 168 cm³/mol. The summed E-state index contributed by atoms with van der Waals surface area (Å²) in [6, 6.07) is 22.2. The number of amides is 2. The van der Waals surface area contributed by atoms with Gasteiger partial charge in [0, 0.05) is 50.7 Å². The highest BCUT2D eigenvalue weighted by Crippen LogP contribution is 2.19. The Kier molecular flexibility index (Phi) is 14.2. The number of carbonyl (C=O) groups excluding carboxylic acids is 2. The zero-order valence-electron chi connectivity index (χ0n) is 26.0. The van der Waals surface area contributed by atoms with Crippen LogP contribution in [0.5, 0.6) is 5.75 Å². The average Bonchev–Trinajstić information content (AvgIpc) is 3.45. The molecule has 3 rings (SSSR count). The van der Waals surface area contributed by atoms with Gasteiger partial charge in [-0.25, -0.2) is 0 Å². The summed E-state index contributed by atoms with van der Waals surface area (Å²) >= 11 is 0. The van der Waals surface area contributed by atoms with Crippen molar-refractivity contribution in [3.8, 4) is 5.75 Å². The molecule has 0 aliphatic heterocycles. The van der Waals surface area contributed by atoms with Crippen molar-refractivity contribution in [1.82, 2.24) is 14.4 Å². The summed E-state index contributed by atoms with van der Waals surface area (Å²) in [7, 11) is 1.67. The second-order valence-electron chi connectivity index (χ2n) is 10.8. The Morgan fingerprint density at radius 3 is 2.38 bits per heavy atom. The van der Waals surface area contributed by atoms with Crippen LogP contribution in [-0.2, 0) is 34.0 Å². The molecule has 0 aliphatic carbocycles. The predicted octanol–water partition coefficient (Wildman–Crippen LogP) is 6.55. The fourth-order valence-corrected chi connectivity index (χ4v) is 5.19. The lowest BCUT2D eigenvalue weighted by Crippen LogP contribution is -2.45. The molecule has 7 nitrogen and oxygen atoms in total. The molecule has 0 fully saturated rings. The fourth-order valence-electron chi connectivity index (χ4n) is 5.19. The van der Waals surface area contributed by atoms with Gasteiger partial charge in [0.2, 0.25) is 11.8 Å². The Bertz CT molecular complexity index is 1210. The van der Waals surface area contributed by atoms with Crippen LogP contribution in [0.25, 0.3) is 0 Å². The molecule has 0 saturated carbocycles. The number of rotatable bonds is 19. The Morgan fingerprint density at radius 1 is 0.881 bits per heavy atom. The average molecular weight is 576 g/mol. The molecular weight excluding hydrogens is 526 g/mol. The minimum absolute atomic E-state index is 0.0527. The van der Waals surface area contributed by atoms with E-state index in [1.165, 1.54) is 0 Å². The molecule has 1 atom stereocenters. The lowest BCUT2D eigenvalue weighted by molar-refractivity contribution is -0.144. The van der Waals surface area contributed by atoms with Gasteiger partial charge in [-0.05, 0) is 61.6 Å². The monoisotopic (exact) mass is 575 g/mol. The number of hydrogen-bond acceptors (Lipinski definition) is 4. The van der Waals surface area contributed by atoms with E-state index >= 15 is 0 Å². The molecule has 0 spiro atoms. The molecule has 0 N–H and O–H groups in total. The van der Waals surface area contributed by atoms with Crippen molar-refractivity contribution in [2.24, 2.45) is 5.92 Å². The first-order valence-electron chi connectivity index (χ1n) is 15.4. The van der Waals surface area contributed by atoms with Crippen LogP contribution in [0.4, 0.5) is 0 Å². The van der Waals surface area contributed by atoms with E-state index in [-0.39, 0.29) is 24.3 Å². The SMILES string of the molecule is CCCCC(CC)C(=O)N(CCCOCC)CC(=O)N(Cc1ccccc1)Cc1cccn1Cc1cccc(OC)c1. The van der Waals surface area contributed by atoms with Gasteiger partial charge in [-0.1, -0.05) is 69.2 Å². The number of nitrogens with zero attached hydrogens (tertiary/aromatic N) is 3. The van der Waals surface area contributed by atoms with Crippen molar-refractivity contribution in [3.63, 3.8) is 0 Å². The zero-order chi connectivity index (χ0) is 30.2. The van der Waals surface area contributed by atoms with Crippen LogP contribution in [0.1, 0.15) is 69.7 Å².